The van der Waals surface area contributed by atoms with Crippen LogP contribution in [0.25, 0.3) is 0 Å². The van der Waals surface area contributed by atoms with Gasteiger partial charge >= 0.3 is 0 Å². The van der Waals surface area contributed by atoms with E-state index in [0.717, 1.165) is 6.42 Å². The Morgan fingerprint density at radius 1 is 1.10 bits per heavy atom. The van der Waals surface area contributed by atoms with Crippen molar-refractivity contribution >= 4 is 34.8 Å². The number of rotatable bonds is 5. The highest BCUT2D eigenvalue weighted by molar-refractivity contribution is 6.37. The highest BCUT2D eigenvalue weighted by Gasteiger charge is 2.11. The van der Waals surface area contributed by atoms with Crippen molar-refractivity contribution in [3.63, 3.8) is 0 Å². The van der Waals surface area contributed by atoms with E-state index in [4.69, 9.17) is 23.2 Å². The average molecular weight is 310 g/mol. The highest BCUT2D eigenvalue weighted by Crippen LogP contribution is 2.29. The quantitative estimate of drug-likeness (QED) is 0.855. The maximum absolute atomic E-state index is 6.17. The molecular weight excluding hydrogens is 293 g/mol. The second-order valence-corrected chi connectivity index (χ2v) is 5.45. The van der Waals surface area contributed by atoms with Gasteiger partial charge in [0.2, 0.25) is 0 Å². The van der Waals surface area contributed by atoms with Gasteiger partial charge in [-0.25, -0.2) is 4.98 Å². The van der Waals surface area contributed by atoms with E-state index < -0.39 is 0 Å². The molecule has 2 aromatic rings. The summed E-state index contributed by atoms with van der Waals surface area (Å²) in [5.41, 5.74) is 1.27. The van der Waals surface area contributed by atoms with Crippen molar-refractivity contribution in [1.29, 1.82) is 0 Å². The lowest BCUT2D eigenvalue weighted by atomic mass is 10.1. The molecule has 0 spiro atoms. The molecule has 2 rings (SSSR count). The maximum atomic E-state index is 6.17. The van der Waals surface area contributed by atoms with Crippen LogP contribution < -0.4 is 10.6 Å². The fraction of sp³-hybridized carbons (Fsp3) is 0.267. The van der Waals surface area contributed by atoms with E-state index >= 15 is 0 Å². The van der Waals surface area contributed by atoms with Gasteiger partial charge in [-0.05, 0) is 25.0 Å². The maximum Gasteiger partial charge on any atom is 0.147 e. The van der Waals surface area contributed by atoms with E-state index in [9.17, 15) is 0 Å². The molecular formula is C15H17Cl2N3. The Morgan fingerprint density at radius 3 is 2.40 bits per heavy atom. The Hall–Kier alpha value is -1.45. The zero-order valence-electron chi connectivity index (χ0n) is 11.5. The Kier molecular flexibility index (Phi) is 5.10. The van der Waals surface area contributed by atoms with E-state index in [-0.39, 0.29) is 6.04 Å². The molecule has 106 valence electrons. The molecule has 0 aliphatic carbocycles. The molecule has 0 saturated heterocycles. The van der Waals surface area contributed by atoms with Gasteiger partial charge in [0.1, 0.15) is 11.6 Å². The molecule has 20 heavy (non-hydrogen) atoms. The minimum absolute atomic E-state index is 0.216. The van der Waals surface area contributed by atoms with Crippen LogP contribution in [0, 0.1) is 0 Å². The van der Waals surface area contributed by atoms with Crippen molar-refractivity contribution in [2.24, 2.45) is 0 Å². The summed E-state index contributed by atoms with van der Waals surface area (Å²) in [6, 6.07) is 12.2. The van der Waals surface area contributed by atoms with Gasteiger partial charge in [0.25, 0.3) is 0 Å². The molecule has 1 heterocycles. The van der Waals surface area contributed by atoms with Crippen LogP contribution in [0.2, 0.25) is 10.0 Å². The molecule has 5 heteroatoms. The van der Waals surface area contributed by atoms with Crippen molar-refractivity contribution in [3.8, 4) is 0 Å². The van der Waals surface area contributed by atoms with Crippen molar-refractivity contribution in [3.05, 3.63) is 52.0 Å². The molecule has 0 saturated carbocycles. The van der Waals surface area contributed by atoms with Gasteiger partial charge in [0, 0.05) is 13.1 Å². The zero-order valence-corrected chi connectivity index (χ0v) is 13.0. The van der Waals surface area contributed by atoms with Crippen LogP contribution in [0.1, 0.15) is 12.5 Å². The average Bonchev–Trinajstić information content (AvgIpc) is 2.43. The molecule has 1 atom stereocenters. The van der Waals surface area contributed by atoms with Crippen LogP contribution in [0.5, 0.6) is 0 Å². The van der Waals surface area contributed by atoms with E-state index in [1.165, 1.54) is 5.56 Å². The second kappa shape index (κ2) is 6.82. The second-order valence-electron chi connectivity index (χ2n) is 4.63. The van der Waals surface area contributed by atoms with Gasteiger partial charge in [-0.15, -0.1) is 0 Å². The molecule has 2 N–H and O–H groups in total. The van der Waals surface area contributed by atoms with Crippen LogP contribution in [-0.2, 0) is 6.42 Å². The Labute approximate surface area is 129 Å². The van der Waals surface area contributed by atoms with Crippen molar-refractivity contribution in [2.75, 3.05) is 17.7 Å². The van der Waals surface area contributed by atoms with Gasteiger partial charge in [0.15, 0.2) is 0 Å². The van der Waals surface area contributed by atoms with Gasteiger partial charge in [-0.3, -0.25) is 0 Å². The molecule has 1 aromatic heterocycles. The number of hydrogen-bond acceptors (Lipinski definition) is 3. The predicted molar refractivity (Wildman–Crippen MR) is 87.0 cm³/mol. The minimum Gasteiger partial charge on any atom is -0.372 e. The molecule has 1 unspecified atom stereocenters. The third kappa shape index (κ3) is 3.78. The molecule has 3 nitrogen and oxygen atoms in total. The largest absolute Gasteiger partial charge is 0.372 e. The molecule has 0 aliphatic heterocycles. The highest BCUT2D eigenvalue weighted by atomic mass is 35.5. The van der Waals surface area contributed by atoms with E-state index in [2.05, 4.69) is 34.7 Å². The standard InChI is InChI=1S/C15H17Cl2N3/c1-10(8-11-6-4-3-5-7-11)19-15-13(17)9-12(16)14(18-2)20-15/h3-7,9-10H,8H2,1-2H3,(H2,18,19,20). The third-order valence-electron chi connectivity index (χ3n) is 2.93. The number of anilines is 2. The molecule has 0 amide bonds. The van der Waals surface area contributed by atoms with Gasteiger partial charge < -0.3 is 10.6 Å². The van der Waals surface area contributed by atoms with Crippen molar-refractivity contribution in [1.82, 2.24) is 4.98 Å². The third-order valence-corrected chi connectivity index (χ3v) is 3.51. The fourth-order valence-electron chi connectivity index (χ4n) is 2.00. The molecule has 0 radical (unpaired) electrons. The predicted octanol–water partition coefficient (Wildman–Crippen LogP) is 4.47. The summed E-state index contributed by atoms with van der Waals surface area (Å²) in [7, 11) is 1.78. The SMILES string of the molecule is CNc1nc(NC(C)Cc2ccccc2)c(Cl)cc1Cl. The summed E-state index contributed by atoms with van der Waals surface area (Å²) in [5.74, 6) is 1.26. The van der Waals surface area contributed by atoms with Crippen LogP contribution in [0.3, 0.4) is 0 Å². The molecule has 1 aromatic carbocycles. The van der Waals surface area contributed by atoms with Crippen molar-refractivity contribution in [2.45, 2.75) is 19.4 Å². The van der Waals surface area contributed by atoms with E-state index in [0.29, 0.717) is 21.7 Å². The number of halogens is 2. The smallest absolute Gasteiger partial charge is 0.147 e. The number of benzene rings is 1. The van der Waals surface area contributed by atoms with Gasteiger partial charge in [-0.1, -0.05) is 53.5 Å². The lowest BCUT2D eigenvalue weighted by Crippen LogP contribution is -2.19. The monoisotopic (exact) mass is 309 g/mol. The molecule has 0 bridgehead atoms. The van der Waals surface area contributed by atoms with E-state index in [1.807, 2.05) is 18.2 Å². The Bertz CT molecular complexity index is 573. The normalized spacial score (nSPS) is 12.0. The van der Waals surface area contributed by atoms with Crippen LogP contribution in [-0.4, -0.2) is 18.1 Å². The first-order chi connectivity index (χ1) is 9.60. The molecule has 0 aliphatic rings. The lowest BCUT2D eigenvalue weighted by molar-refractivity contribution is 0.785. The fourth-order valence-corrected chi connectivity index (χ4v) is 2.50. The summed E-state index contributed by atoms with van der Waals surface area (Å²) in [6.45, 7) is 2.10. The minimum atomic E-state index is 0.216. The van der Waals surface area contributed by atoms with E-state index in [1.54, 1.807) is 13.1 Å². The van der Waals surface area contributed by atoms with Crippen molar-refractivity contribution < 1.29 is 0 Å². The Morgan fingerprint density at radius 2 is 1.75 bits per heavy atom. The summed E-state index contributed by atoms with van der Waals surface area (Å²) in [6.07, 6.45) is 0.899. The topological polar surface area (TPSA) is 37.0 Å². The number of pyridine rings is 1. The number of hydrogen-bond donors (Lipinski definition) is 2. The first-order valence-electron chi connectivity index (χ1n) is 6.44. The number of nitrogens with one attached hydrogen (secondary N) is 2. The summed E-state index contributed by atoms with van der Waals surface area (Å²) >= 11 is 12.2. The van der Waals surface area contributed by atoms with Gasteiger partial charge in [0.05, 0.1) is 10.0 Å². The first kappa shape index (κ1) is 14.9. The Balaban J connectivity index is 2.09. The van der Waals surface area contributed by atoms with Crippen LogP contribution in [0.4, 0.5) is 11.6 Å². The zero-order chi connectivity index (χ0) is 14.5. The number of aromatic nitrogens is 1. The summed E-state index contributed by atoms with van der Waals surface area (Å²) in [4.78, 5) is 4.39. The number of nitrogens with zero attached hydrogens (tertiary/aromatic N) is 1. The van der Waals surface area contributed by atoms with Gasteiger partial charge in [-0.2, -0.15) is 0 Å². The summed E-state index contributed by atoms with van der Waals surface area (Å²) < 4.78 is 0. The summed E-state index contributed by atoms with van der Waals surface area (Å²) in [5, 5.41) is 7.30. The lowest BCUT2D eigenvalue weighted by Gasteiger charge is -2.17. The first-order valence-corrected chi connectivity index (χ1v) is 7.20. The van der Waals surface area contributed by atoms with Crippen LogP contribution >= 0.6 is 23.2 Å². The van der Waals surface area contributed by atoms with Crippen LogP contribution in [0.15, 0.2) is 36.4 Å². The molecule has 0 fully saturated rings.